The van der Waals surface area contributed by atoms with E-state index in [-0.39, 0.29) is 73.8 Å². The number of aliphatic imine (C=N–C) groups is 2. The Morgan fingerprint density at radius 1 is 0.730 bits per heavy atom. The van der Waals surface area contributed by atoms with Crippen LogP contribution in [0, 0.1) is 23.5 Å². The van der Waals surface area contributed by atoms with Crippen LogP contribution in [0.3, 0.4) is 0 Å². The average molecular weight is 1150 g/mol. The van der Waals surface area contributed by atoms with Gasteiger partial charge in [-0.1, -0.05) is 39.7 Å². The molecule has 2 fully saturated rings. The number of likely N-dealkylation sites (tertiary alicyclic amines) is 2. The summed E-state index contributed by atoms with van der Waals surface area (Å²) in [4.78, 5) is 69.3. The van der Waals surface area contributed by atoms with Crippen LogP contribution in [0.25, 0.3) is 0 Å². The van der Waals surface area contributed by atoms with Crippen molar-refractivity contribution in [3.63, 3.8) is 0 Å². The number of benzene rings is 2. The molecule has 2 aromatic heterocycles. The number of aromatic nitrogens is 2. The Labute approximate surface area is 445 Å². The zero-order chi connectivity index (χ0) is 52.7. The SMILES string of the molecule is CCOC(=O)C1=C(CN2CC(F)CC(/C=C/OC=O)C2)NC(c2nccs2)=NC1c1ccc(F)cc1Br.CCOC(=O)C1=C(CN2CC(F)CC(/C=C/OC=O)C2)NC(c2nccs2)=NC1c1ccc(F)cc1Cl. The first-order chi connectivity index (χ1) is 35.8. The van der Waals surface area contributed by atoms with E-state index in [0.29, 0.717) is 81.1 Å². The van der Waals surface area contributed by atoms with Crippen molar-refractivity contribution in [2.45, 2.75) is 51.1 Å². The number of carbonyl (C=O) groups is 4. The molecule has 392 valence electrons. The largest absolute Gasteiger partial charge is 0.463 e. The number of carbonyl (C=O) groups excluding carboxylic acids is 4. The summed E-state index contributed by atoms with van der Waals surface area (Å²) in [6.07, 6.45) is 7.43. The Kier molecular flexibility index (Phi) is 20.2. The summed E-state index contributed by atoms with van der Waals surface area (Å²) in [6.45, 7) is 5.90. The molecule has 0 saturated carbocycles. The summed E-state index contributed by atoms with van der Waals surface area (Å²) >= 11 is 12.5. The van der Waals surface area contributed by atoms with E-state index in [9.17, 15) is 36.7 Å². The van der Waals surface area contributed by atoms with Crippen molar-refractivity contribution in [2.75, 3.05) is 52.5 Å². The van der Waals surface area contributed by atoms with E-state index in [1.54, 1.807) is 49.8 Å². The zero-order valence-corrected chi connectivity index (χ0v) is 43.8. The topological polar surface area (TPSA) is 186 Å². The van der Waals surface area contributed by atoms with Crippen LogP contribution in [0.5, 0.6) is 0 Å². The fourth-order valence-corrected chi connectivity index (χ4v) is 10.8. The van der Waals surface area contributed by atoms with Gasteiger partial charge in [-0.05, 0) is 80.5 Å². The van der Waals surface area contributed by atoms with Gasteiger partial charge in [0.05, 0.1) is 36.9 Å². The first kappa shape index (κ1) is 55.6. The van der Waals surface area contributed by atoms with Gasteiger partial charge in [-0.3, -0.25) is 29.4 Å². The third-order valence-corrected chi connectivity index (χ3v) is 14.3. The smallest absolute Gasteiger partial charge is 0.338 e. The first-order valence-electron chi connectivity index (χ1n) is 23.2. The first-order valence-corrected chi connectivity index (χ1v) is 26.2. The summed E-state index contributed by atoms with van der Waals surface area (Å²) in [6, 6.07) is 6.38. The van der Waals surface area contributed by atoms with Crippen molar-refractivity contribution in [1.29, 1.82) is 0 Å². The number of hydrogen-bond acceptors (Lipinski definition) is 18. The van der Waals surface area contributed by atoms with Crippen LogP contribution in [-0.4, -0.2) is 121 Å². The lowest BCUT2D eigenvalue weighted by Crippen LogP contribution is -2.45. The molecule has 0 radical (unpaired) electrons. The molecular weight excluding hydrogens is 1100 g/mol. The Hall–Kier alpha value is -6.11. The van der Waals surface area contributed by atoms with Gasteiger partial charge in [-0.2, -0.15) is 0 Å². The van der Waals surface area contributed by atoms with Crippen LogP contribution in [0.1, 0.15) is 59.9 Å². The number of nitrogens with zero attached hydrogens (tertiary/aromatic N) is 6. The van der Waals surface area contributed by atoms with E-state index in [1.807, 2.05) is 15.2 Å². The highest BCUT2D eigenvalue weighted by Crippen LogP contribution is 2.39. The third-order valence-electron chi connectivity index (χ3n) is 11.8. The molecule has 4 aromatic rings. The molecule has 0 spiro atoms. The maximum atomic E-state index is 14.7. The van der Waals surface area contributed by atoms with Crippen LogP contribution >= 0.6 is 50.2 Å². The Morgan fingerprint density at radius 3 is 1.61 bits per heavy atom. The second-order valence-corrected chi connectivity index (χ2v) is 20.0. The zero-order valence-electron chi connectivity index (χ0n) is 39.8. The van der Waals surface area contributed by atoms with Crippen molar-refractivity contribution < 1.29 is 55.7 Å². The lowest BCUT2D eigenvalue weighted by atomic mass is 9.93. The van der Waals surface area contributed by atoms with Crippen LogP contribution < -0.4 is 10.6 Å². The molecule has 4 aliphatic heterocycles. The minimum atomic E-state index is -1.12. The molecule has 6 atom stereocenters. The van der Waals surface area contributed by atoms with Crippen molar-refractivity contribution >= 4 is 86.8 Å². The van der Waals surface area contributed by atoms with Crippen molar-refractivity contribution in [3.8, 4) is 0 Å². The number of amidine groups is 2. The number of piperidine rings is 2. The highest BCUT2D eigenvalue weighted by Gasteiger charge is 2.38. The lowest BCUT2D eigenvalue weighted by Gasteiger charge is -2.36. The van der Waals surface area contributed by atoms with Gasteiger partial charge >= 0.3 is 11.9 Å². The molecule has 0 aliphatic carbocycles. The minimum absolute atomic E-state index is 0.109. The van der Waals surface area contributed by atoms with E-state index in [0.717, 1.165) is 6.07 Å². The van der Waals surface area contributed by atoms with Crippen LogP contribution in [0.4, 0.5) is 17.6 Å². The van der Waals surface area contributed by atoms with Crippen molar-refractivity contribution in [3.05, 3.63) is 149 Å². The number of alkyl halides is 2. The second kappa shape index (κ2) is 26.9. The number of halogens is 6. The van der Waals surface area contributed by atoms with Crippen molar-refractivity contribution in [2.24, 2.45) is 21.8 Å². The minimum Gasteiger partial charge on any atom is -0.463 e. The predicted molar refractivity (Wildman–Crippen MR) is 273 cm³/mol. The number of esters is 2. The summed E-state index contributed by atoms with van der Waals surface area (Å²) in [7, 11) is 0. The molecule has 0 bridgehead atoms. The van der Waals surface area contributed by atoms with Gasteiger partial charge in [-0.25, -0.2) is 37.1 Å². The quantitative estimate of drug-likeness (QED) is 0.0318. The van der Waals surface area contributed by atoms with Gasteiger partial charge in [0.25, 0.3) is 12.9 Å². The van der Waals surface area contributed by atoms with Crippen LogP contribution in [-0.2, 0) is 38.1 Å². The third kappa shape index (κ3) is 14.6. The normalized spacial score (nSPS) is 22.5. The molecule has 0 amide bonds. The summed E-state index contributed by atoms with van der Waals surface area (Å²) < 4.78 is 77.5. The summed E-state index contributed by atoms with van der Waals surface area (Å²) in [5.74, 6) is -1.66. The van der Waals surface area contributed by atoms with Crippen LogP contribution in [0.15, 0.2) is 121 Å². The molecule has 4 aliphatic rings. The van der Waals surface area contributed by atoms with E-state index in [1.165, 1.54) is 59.5 Å². The average Bonchev–Trinajstić information content (AvgIpc) is 4.11. The maximum absolute atomic E-state index is 14.7. The Bertz CT molecular complexity index is 2630. The Morgan fingerprint density at radius 2 is 1.19 bits per heavy atom. The molecule has 2 saturated heterocycles. The van der Waals surface area contributed by atoms with E-state index in [2.05, 4.69) is 46.0 Å². The monoisotopic (exact) mass is 1140 g/mol. The van der Waals surface area contributed by atoms with E-state index < -0.39 is 48.0 Å². The second-order valence-electron chi connectivity index (χ2n) is 16.9. The fourth-order valence-electron chi connectivity index (χ4n) is 8.82. The van der Waals surface area contributed by atoms with E-state index in [4.69, 9.17) is 31.1 Å². The van der Waals surface area contributed by atoms with Gasteiger partial charge in [-0.15, -0.1) is 22.7 Å². The molecule has 8 rings (SSSR count). The highest BCUT2D eigenvalue weighted by molar-refractivity contribution is 9.10. The summed E-state index contributed by atoms with van der Waals surface area (Å²) in [5.41, 5.74) is 2.42. The highest BCUT2D eigenvalue weighted by atomic mass is 79.9. The van der Waals surface area contributed by atoms with Crippen LogP contribution in [0.2, 0.25) is 5.02 Å². The molecule has 6 unspecified atom stereocenters. The molecule has 24 heteroatoms. The number of ether oxygens (including phenoxy) is 4. The number of thiazole rings is 2. The molecule has 2 N–H and O–H groups in total. The predicted octanol–water partition coefficient (Wildman–Crippen LogP) is 8.49. The fraction of sp³-hybridized carbons (Fsp3) is 0.360. The molecule has 6 heterocycles. The summed E-state index contributed by atoms with van der Waals surface area (Å²) in [5, 5.41) is 11.4. The number of nitrogens with one attached hydrogen (secondary N) is 2. The van der Waals surface area contributed by atoms with Gasteiger partial charge in [0, 0.05) is 88.9 Å². The van der Waals surface area contributed by atoms with Gasteiger partial charge in [0.2, 0.25) is 0 Å². The van der Waals surface area contributed by atoms with Gasteiger partial charge in [0.1, 0.15) is 36.1 Å². The Balaban J connectivity index is 0.000000216. The standard InChI is InChI=1S/C25H25BrF2N4O4S.C25H25ClF2N4O4S/c2*1-2-36-25(34)21-20(13-32-11-15(5-7-35-14-33)9-17(28)12-32)30-23(24-29-6-8-37-24)31-22(21)18-4-3-16(27)10-19(18)26/h2*3-8,10,14-15,17,22H,2,9,11-13H2,1H3,(H,30,31)/b2*7-5+. The maximum Gasteiger partial charge on any atom is 0.338 e. The number of rotatable bonds is 18. The molecule has 16 nitrogen and oxygen atoms in total. The number of hydrogen-bond donors (Lipinski definition) is 2. The van der Waals surface area contributed by atoms with E-state index >= 15 is 0 Å². The molecule has 2 aromatic carbocycles. The lowest BCUT2D eigenvalue weighted by molar-refractivity contribution is -0.139. The molecular formula is C50H50BrClF4N8O8S2. The molecule has 74 heavy (non-hydrogen) atoms. The van der Waals surface area contributed by atoms with Gasteiger partial charge in [0.15, 0.2) is 21.7 Å². The van der Waals surface area contributed by atoms with Crippen molar-refractivity contribution in [1.82, 2.24) is 30.4 Å². The van der Waals surface area contributed by atoms with Gasteiger partial charge < -0.3 is 29.6 Å².